The van der Waals surface area contributed by atoms with Gasteiger partial charge in [-0.2, -0.15) is 0 Å². The molecule has 1 aliphatic rings. The van der Waals surface area contributed by atoms with Crippen molar-refractivity contribution in [3.8, 4) is 0 Å². The van der Waals surface area contributed by atoms with Gasteiger partial charge in [-0.25, -0.2) is 0 Å². The van der Waals surface area contributed by atoms with Crippen LogP contribution in [0.3, 0.4) is 0 Å². The highest BCUT2D eigenvalue weighted by Crippen LogP contribution is 2.18. The fraction of sp³-hybridized carbons (Fsp3) is 0.600. The molecule has 1 fully saturated rings. The van der Waals surface area contributed by atoms with Crippen LogP contribution in [0, 0.1) is 6.92 Å². The number of nitrogens with one attached hydrogen (secondary N) is 2. The molecule has 0 aliphatic heterocycles. The number of carbonyl (C=O) groups is 1. The first-order chi connectivity index (χ1) is 9.19. The highest BCUT2D eigenvalue weighted by atomic mass is 16.1. The Kier molecular flexibility index (Phi) is 4.91. The van der Waals surface area contributed by atoms with Crippen molar-refractivity contribution in [3.05, 3.63) is 29.6 Å². The molecular weight excluding hydrogens is 238 g/mol. The van der Waals surface area contributed by atoms with Gasteiger partial charge in [-0.05, 0) is 51.3 Å². The van der Waals surface area contributed by atoms with Crippen LogP contribution in [0.15, 0.2) is 18.3 Å². The van der Waals surface area contributed by atoms with Crippen LogP contribution in [0.2, 0.25) is 0 Å². The number of aromatic nitrogens is 1. The molecule has 1 saturated carbocycles. The Morgan fingerprint density at radius 2 is 1.95 bits per heavy atom. The SMILES string of the molecule is CCNC1CCC(NC(=O)c2ccc(C)nc2)CC1. The number of hydrogen-bond donors (Lipinski definition) is 2. The molecule has 0 atom stereocenters. The predicted octanol–water partition coefficient (Wildman–Crippen LogP) is 2.04. The monoisotopic (exact) mass is 261 g/mol. The number of aryl methyl sites for hydroxylation is 1. The summed E-state index contributed by atoms with van der Waals surface area (Å²) in [5, 5.41) is 6.58. The van der Waals surface area contributed by atoms with Gasteiger partial charge in [0.15, 0.2) is 0 Å². The fourth-order valence-electron chi connectivity index (χ4n) is 2.60. The third-order valence-corrected chi connectivity index (χ3v) is 3.73. The first-order valence-corrected chi connectivity index (χ1v) is 7.16. The summed E-state index contributed by atoms with van der Waals surface area (Å²) in [4.78, 5) is 16.2. The lowest BCUT2D eigenvalue weighted by atomic mass is 9.91. The second-order valence-electron chi connectivity index (χ2n) is 5.27. The minimum absolute atomic E-state index is 0.000555. The lowest BCUT2D eigenvalue weighted by molar-refractivity contribution is 0.0924. The van der Waals surface area contributed by atoms with E-state index in [1.807, 2.05) is 19.1 Å². The van der Waals surface area contributed by atoms with Crippen molar-refractivity contribution in [3.63, 3.8) is 0 Å². The van der Waals surface area contributed by atoms with Crippen LogP contribution in [0.5, 0.6) is 0 Å². The molecule has 0 bridgehead atoms. The van der Waals surface area contributed by atoms with E-state index < -0.39 is 0 Å². The van der Waals surface area contributed by atoms with Crippen LogP contribution in [0.25, 0.3) is 0 Å². The Labute approximate surface area is 115 Å². The van der Waals surface area contributed by atoms with Gasteiger partial charge in [-0.1, -0.05) is 6.92 Å². The van der Waals surface area contributed by atoms with Gasteiger partial charge in [0.05, 0.1) is 5.56 Å². The largest absolute Gasteiger partial charge is 0.349 e. The van der Waals surface area contributed by atoms with Gasteiger partial charge in [0, 0.05) is 24.0 Å². The summed E-state index contributed by atoms with van der Waals surface area (Å²) in [6.45, 7) is 5.08. The zero-order valence-corrected chi connectivity index (χ0v) is 11.8. The van der Waals surface area contributed by atoms with E-state index >= 15 is 0 Å². The Morgan fingerprint density at radius 3 is 2.53 bits per heavy atom. The lowest BCUT2D eigenvalue weighted by Crippen LogP contribution is -2.42. The van der Waals surface area contributed by atoms with Crippen molar-refractivity contribution in [2.24, 2.45) is 0 Å². The molecule has 0 spiro atoms. The van der Waals surface area contributed by atoms with Crippen molar-refractivity contribution in [2.75, 3.05) is 6.54 Å². The summed E-state index contributed by atoms with van der Waals surface area (Å²) in [6, 6.07) is 4.64. The molecule has 1 amide bonds. The van der Waals surface area contributed by atoms with E-state index in [-0.39, 0.29) is 5.91 Å². The van der Waals surface area contributed by atoms with Crippen molar-refractivity contribution in [1.29, 1.82) is 0 Å². The average molecular weight is 261 g/mol. The zero-order chi connectivity index (χ0) is 13.7. The molecule has 4 heteroatoms. The molecule has 1 aliphatic carbocycles. The van der Waals surface area contributed by atoms with Crippen LogP contribution >= 0.6 is 0 Å². The molecule has 1 heterocycles. The van der Waals surface area contributed by atoms with Crippen LogP contribution in [-0.4, -0.2) is 29.5 Å². The lowest BCUT2D eigenvalue weighted by Gasteiger charge is -2.29. The van der Waals surface area contributed by atoms with E-state index in [9.17, 15) is 4.79 Å². The molecule has 1 aromatic heterocycles. The van der Waals surface area contributed by atoms with Crippen LogP contribution < -0.4 is 10.6 Å². The van der Waals surface area contributed by atoms with E-state index in [0.29, 0.717) is 17.6 Å². The third-order valence-electron chi connectivity index (χ3n) is 3.73. The quantitative estimate of drug-likeness (QED) is 0.872. The van der Waals surface area contributed by atoms with Crippen LogP contribution in [0.4, 0.5) is 0 Å². The maximum Gasteiger partial charge on any atom is 0.253 e. The maximum atomic E-state index is 12.1. The van der Waals surface area contributed by atoms with Gasteiger partial charge in [0.1, 0.15) is 0 Å². The summed E-state index contributed by atoms with van der Waals surface area (Å²) in [5.41, 5.74) is 1.59. The Hall–Kier alpha value is -1.42. The number of pyridine rings is 1. The van der Waals surface area contributed by atoms with Crippen LogP contribution in [-0.2, 0) is 0 Å². The molecule has 1 aromatic rings. The van der Waals surface area contributed by atoms with Gasteiger partial charge in [-0.15, -0.1) is 0 Å². The molecular formula is C15H23N3O. The average Bonchev–Trinajstić information content (AvgIpc) is 2.42. The number of carbonyl (C=O) groups excluding carboxylic acids is 1. The minimum Gasteiger partial charge on any atom is -0.349 e. The summed E-state index contributed by atoms with van der Waals surface area (Å²) in [5.74, 6) is -0.000555. The zero-order valence-electron chi connectivity index (χ0n) is 11.8. The van der Waals surface area contributed by atoms with E-state index in [4.69, 9.17) is 0 Å². The standard InChI is InChI=1S/C15H23N3O/c1-3-16-13-6-8-14(9-7-13)18-15(19)12-5-4-11(2)17-10-12/h4-5,10,13-14,16H,3,6-9H2,1-2H3,(H,18,19). The van der Waals surface area contributed by atoms with Gasteiger partial charge in [-0.3, -0.25) is 9.78 Å². The first-order valence-electron chi connectivity index (χ1n) is 7.16. The summed E-state index contributed by atoms with van der Waals surface area (Å²) >= 11 is 0. The van der Waals surface area contributed by atoms with E-state index in [1.165, 1.54) is 0 Å². The van der Waals surface area contributed by atoms with Crippen molar-refractivity contribution < 1.29 is 4.79 Å². The molecule has 2 rings (SSSR count). The van der Waals surface area contributed by atoms with E-state index in [2.05, 4.69) is 22.5 Å². The van der Waals surface area contributed by atoms with E-state index in [1.54, 1.807) is 6.20 Å². The molecule has 0 aromatic carbocycles. The molecule has 0 unspecified atom stereocenters. The van der Waals surface area contributed by atoms with Gasteiger partial charge >= 0.3 is 0 Å². The molecule has 104 valence electrons. The van der Waals surface area contributed by atoms with Crippen molar-refractivity contribution in [1.82, 2.24) is 15.6 Å². The molecule has 19 heavy (non-hydrogen) atoms. The highest BCUT2D eigenvalue weighted by molar-refractivity contribution is 5.94. The topological polar surface area (TPSA) is 54.0 Å². The van der Waals surface area contributed by atoms with Gasteiger partial charge in [0.25, 0.3) is 5.91 Å². The second kappa shape index (κ2) is 6.66. The number of hydrogen-bond acceptors (Lipinski definition) is 3. The predicted molar refractivity (Wildman–Crippen MR) is 76.2 cm³/mol. The van der Waals surface area contributed by atoms with Gasteiger partial charge < -0.3 is 10.6 Å². The van der Waals surface area contributed by atoms with Gasteiger partial charge in [0.2, 0.25) is 0 Å². The van der Waals surface area contributed by atoms with E-state index in [0.717, 1.165) is 37.9 Å². The Balaban J connectivity index is 1.82. The summed E-state index contributed by atoms with van der Waals surface area (Å²) in [7, 11) is 0. The Morgan fingerprint density at radius 1 is 1.26 bits per heavy atom. The smallest absolute Gasteiger partial charge is 0.253 e. The fourth-order valence-corrected chi connectivity index (χ4v) is 2.60. The molecule has 0 radical (unpaired) electrons. The number of rotatable bonds is 4. The highest BCUT2D eigenvalue weighted by Gasteiger charge is 2.22. The normalized spacial score (nSPS) is 23.1. The maximum absolute atomic E-state index is 12.1. The minimum atomic E-state index is -0.000555. The van der Waals surface area contributed by atoms with Crippen molar-refractivity contribution >= 4 is 5.91 Å². The Bertz CT molecular complexity index is 408. The molecule has 4 nitrogen and oxygen atoms in total. The summed E-state index contributed by atoms with van der Waals surface area (Å²) in [6.07, 6.45) is 6.05. The van der Waals surface area contributed by atoms with Crippen LogP contribution in [0.1, 0.15) is 48.7 Å². The molecule has 0 saturated heterocycles. The van der Waals surface area contributed by atoms with Crippen molar-refractivity contribution in [2.45, 2.75) is 51.6 Å². The number of amides is 1. The second-order valence-corrected chi connectivity index (χ2v) is 5.27. The number of nitrogens with zero attached hydrogens (tertiary/aromatic N) is 1. The summed E-state index contributed by atoms with van der Waals surface area (Å²) < 4.78 is 0. The third kappa shape index (κ3) is 4.03. The molecule has 2 N–H and O–H groups in total. The first kappa shape index (κ1) is 14.0.